The molecular weight excluding hydrogens is 284 g/mol. The van der Waals surface area contributed by atoms with E-state index in [-0.39, 0.29) is 18.7 Å². The first kappa shape index (κ1) is 13.1. The van der Waals surface area contributed by atoms with Crippen LogP contribution in [0, 0.1) is 0 Å². The number of H-pyrrole nitrogens is 1. The Kier molecular flexibility index (Phi) is 3.17. The van der Waals surface area contributed by atoms with Crippen molar-refractivity contribution in [3.63, 3.8) is 0 Å². The van der Waals surface area contributed by atoms with Crippen LogP contribution in [0.5, 0.6) is 11.5 Å². The smallest absolute Gasteiger partial charge is 0.254 e. The number of carbonyl (C=O) groups is 1. The number of hydrogen-bond donors (Lipinski definition) is 1. The van der Waals surface area contributed by atoms with Crippen LogP contribution in [0.3, 0.4) is 0 Å². The topological polar surface area (TPSA) is 80.3 Å². The summed E-state index contributed by atoms with van der Waals surface area (Å²) in [5, 5.41) is 6.79. The van der Waals surface area contributed by atoms with Gasteiger partial charge in [0, 0.05) is 12.1 Å². The number of fused-ring (bicyclic) bond motifs is 1. The number of amides is 1. The molecule has 7 nitrogen and oxygen atoms in total. The van der Waals surface area contributed by atoms with Crippen molar-refractivity contribution in [3.05, 3.63) is 35.9 Å². The summed E-state index contributed by atoms with van der Waals surface area (Å²) < 4.78 is 10.6. The first-order valence-electron chi connectivity index (χ1n) is 7.39. The lowest BCUT2D eigenvalue weighted by Crippen LogP contribution is -2.39. The fraction of sp³-hybridized carbons (Fsp3) is 0.400. The van der Waals surface area contributed by atoms with Gasteiger partial charge in [-0.15, -0.1) is 0 Å². The number of benzene rings is 1. The summed E-state index contributed by atoms with van der Waals surface area (Å²) >= 11 is 0. The van der Waals surface area contributed by atoms with Gasteiger partial charge in [0.25, 0.3) is 5.91 Å². The van der Waals surface area contributed by atoms with Crippen molar-refractivity contribution in [1.82, 2.24) is 20.1 Å². The van der Waals surface area contributed by atoms with Gasteiger partial charge in [-0.1, -0.05) is 0 Å². The second-order valence-electron chi connectivity index (χ2n) is 5.45. The fourth-order valence-corrected chi connectivity index (χ4v) is 3.03. The zero-order valence-electron chi connectivity index (χ0n) is 12.0. The number of likely N-dealkylation sites (tertiary alicyclic amines) is 1. The van der Waals surface area contributed by atoms with Crippen molar-refractivity contribution in [2.75, 3.05) is 13.3 Å². The summed E-state index contributed by atoms with van der Waals surface area (Å²) in [6.45, 7) is 0.927. The molecule has 22 heavy (non-hydrogen) atoms. The number of nitrogens with zero attached hydrogens (tertiary/aromatic N) is 3. The van der Waals surface area contributed by atoms with E-state index in [1.807, 2.05) is 4.90 Å². The van der Waals surface area contributed by atoms with Gasteiger partial charge in [-0.25, -0.2) is 4.98 Å². The quantitative estimate of drug-likeness (QED) is 0.916. The second kappa shape index (κ2) is 5.32. The van der Waals surface area contributed by atoms with Crippen LogP contribution in [0.25, 0.3) is 0 Å². The lowest BCUT2D eigenvalue weighted by atomic mass is 10.00. The van der Waals surface area contributed by atoms with Crippen molar-refractivity contribution in [2.24, 2.45) is 0 Å². The van der Waals surface area contributed by atoms with E-state index in [1.54, 1.807) is 18.2 Å². The van der Waals surface area contributed by atoms with Gasteiger partial charge in [-0.3, -0.25) is 9.89 Å². The average Bonchev–Trinajstić information content (AvgIpc) is 3.24. The molecule has 1 saturated heterocycles. The van der Waals surface area contributed by atoms with E-state index in [9.17, 15) is 4.79 Å². The summed E-state index contributed by atoms with van der Waals surface area (Å²) in [4.78, 5) is 19.0. The third-order valence-electron chi connectivity index (χ3n) is 4.13. The monoisotopic (exact) mass is 300 g/mol. The molecule has 3 heterocycles. The number of piperidine rings is 1. The van der Waals surface area contributed by atoms with Crippen molar-refractivity contribution in [2.45, 2.75) is 25.3 Å². The van der Waals surface area contributed by atoms with E-state index >= 15 is 0 Å². The Labute approximate surface area is 127 Å². The molecule has 1 aromatic carbocycles. The maximum atomic E-state index is 12.9. The van der Waals surface area contributed by atoms with Crippen LogP contribution >= 0.6 is 0 Å². The fourth-order valence-electron chi connectivity index (χ4n) is 3.03. The van der Waals surface area contributed by atoms with E-state index in [4.69, 9.17) is 9.47 Å². The van der Waals surface area contributed by atoms with E-state index in [2.05, 4.69) is 15.2 Å². The highest BCUT2D eigenvalue weighted by atomic mass is 16.7. The molecule has 1 atom stereocenters. The second-order valence-corrected chi connectivity index (χ2v) is 5.45. The minimum absolute atomic E-state index is 0.0144. The van der Waals surface area contributed by atoms with Crippen LogP contribution in [0.15, 0.2) is 24.5 Å². The molecular formula is C15H16N4O3. The predicted molar refractivity (Wildman–Crippen MR) is 76.6 cm³/mol. The molecule has 4 rings (SSSR count). The first-order chi connectivity index (χ1) is 10.8. The lowest BCUT2D eigenvalue weighted by molar-refractivity contribution is 0.0600. The molecule has 0 saturated carbocycles. The molecule has 2 aromatic rings. The minimum Gasteiger partial charge on any atom is -0.454 e. The summed E-state index contributed by atoms with van der Waals surface area (Å²) in [5.41, 5.74) is 0.607. The van der Waals surface area contributed by atoms with Gasteiger partial charge in [0.1, 0.15) is 12.2 Å². The van der Waals surface area contributed by atoms with Gasteiger partial charge in [0.05, 0.1) is 6.04 Å². The number of aromatic nitrogens is 3. The molecule has 0 unspecified atom stereocenters. The number of carbonyl (C=O) groups excluding carboxylic acids is 1. The SMILES string of the molecule is O=C(c1ccc2c(c1)OCO2)N1CCCC[C@H]1c1ncn[nH]1. The number of aromatic amines is 1. The van der Waals surface area contributed by atoms with Gasteiger partial charge in [-0.05, 0) is 37.5 Å². The normalized spacial score (nSPS) is 20.2. The maximum Gasteiger partial charge on any atom is 0.254 e. The summed E-state index contributed by atoms with van der Waals surface area (Å²) in [7, 11) is 0. The Morgan fingerprint density at radius 1 is 1.27 bits per heavy atom. The molecule has 1 aromatic heterocycles. The van der Waals surface area contributed by atoms with Crippen LogP contribution < -0.4 is 9.47 Å². The number of nitrogens with one attached hydrogen (secondary N) is 1. The minimum atomic E-state index is -0.0471. The Morgan fingerprint density at radius 2 is 2.18 bits per heavy atom. The van der Waals surface area contributed by atoms with Gasteiger partial charge in [0.15, 0.2) is 11.5 Å². The van der Waals surface area contributed by atoms with Crippen LogP contribution in [0.1, 0.15) is 41.5 Å². The molecule has 0 bridgehead atoms. The zero-order chi connectivity index (χ0) is 14.9. The average molecular weight is 300 g/mol. The Hall–Kier alpha value is -2.57. The predicted octanol–water partition coefficient (Wildman–Crippen LogP) is 1.90. The first-order valence-corrected chi connectivity index (χ1v) is 7.39. The molecule has 1 fully saturated rings. The van der Waals surface area contributed by atoms with Gasteiger partial charge < -0.3 is 14.4 Å². The molecule has 2 aliphatic heterocycles. The molecule has 7 heteroatoms. The molecule has 1 N–H and O–H groups in total. The molecule has 1 amide bonds. The number of rotatable bonds is 2. The summed E-state index contributed by atoms with van der Waals surface area (Å²) in [5.74, 6) is 2.04. The molecule has 0 radical (unpaired) electrons. The highest BCUT2D eigenvalue weighted by Crippen LogP contribution is 2.35. The Bertz CT molecular complexity index is 686. The maximum absolute atomic E-state index is 12.9. The largest absolute Gasteiger partial charge is 0.454 e. The van der Waals surface area contributed by atoms with Crippen LogP contribution in [0.2, 0.25) is 0 Å². The van der Waals surface area contributed by atoms with Gasteiger partial charge in [-0.2, -0.15) is 5.10 Å². The van der Waals surface area contributed by atoms with Crippen molar-refractivity contribution < 1.29 is 14.3 Å². The van der Waals surface area contributed by atoms with Gasteiger partial charge >= 0.3 is 0 Å². The van der Waals surface area contributed by atoms with Crippen molar-refractivity contribution >= 4 is 5.91 Å². The molecule has 0 aliphatic carbocycles. The van der Waals surface area contributed by atoms with E-state index in [0.717, 1.165) is 31.6 Å². The van der Waals surface area contributed by atoms with Gasteiger partial charge in [0.2, 0.25) is 6.79 Å². The van der Waals surface area contributed by atoms with Crippen LogP contribution in [0.4, 0.5) is 0 Å². The standard InChI is InChI=1S/C15H16N4O3/c20-15(10-4-5-12-13(7-10)22-9-21-12)19-6-2-1-3-11(19)14-16-8-17-18-14/h4-5,7-8,11H,1-3,6,9H2,(H,16,17,18)/t11-/m0/s1. The highest BCUT2D eigenvalue weighted by Gasteiger charge is 2.31. The molecule has 114 valence electrons. The third kappa shape index (κ3) is 2.18. The van der Waals surface area contributed by atoms with Crippen molar-refractivity contribution in [1.29, 1.82) is 0 Å². The van der Waals surface area contributed by atoms with Crippen LogP contribution in [-0.4, -0.2) is 39.3 Å². The number of hydrogen-bond acceptors (Lipinski definition) is 5. The van der Waals surface area contributed by atoms with E-state index in [0.29, 0.717) is 17.1 Å². The summed E-state index contributed by atoms with van der Waals surface area (Å²) in [6, 6.07) is 5.26. The molecule has 2 aliphatic rings. The van der Waals surface area contributed by atoms with Crippen LogP contribution in [-0.2, 0) is 0 Å². The summed E-state index contributed by atoms with van der Waals surface area (Å²) in [6.07, 6.45) is 4.45. The third-order valence-corrected chi connectivity index (χ3v) is 4.13. The lowest BCUT2D eigenvalue weighted by Gasteiger charge is -2.34. The number of ether oxygens (including phenoxy) is 2. The Morgan fingerprint density at radius 3 is 3.05 bits per heavy atom. The van der Waals surface area contributed by atoms with Crippen molar-refractivity contribution in [3.8, 4) is 11.5 Å². The highest BCUT2D eigenvalue weighted by molar-refractivity contribution is 5.95. The van der Waals surface area contributed by atoms with E-state index < -0.39 is 0 Å². The van der Waals surface area contributed by atoms with E-state index in [1.165, 1.54) is 6.33 Å². The Balaban J connectivity index is 1.62. The zero-order valence-corrected chi connectivity index (χ0v) is 12.0. The molecule has 0 spiro atoms.